The Hall–Kier alpha value is 0.400. The van der Waals surface area contributed by atoms with E-state index in [1.165, 1.54) is 6.07 Å². The topological polar surface area (TPSA) is 0 Å². The van der Waals surface area contributed by atoms with Crippen molar-refractivity contribution in [3.05, 3.63) is 34.1 Å². The monoisotopic (exact) mass is 314 g/mol. The summed E-state index contributed by atoms with van der Waals surface area (Å²) in [5.41, 5.74) is 1.94. The van der Waals surface area contributed by atoms with E-state index in [-0.39, 0.29) is 10.8 Å². The van der Waals surface area contributed by atoms with Gasteiger partial charge in [0.1, 0.15) is 5.82 Å². The van der Waals surface area contributed by atoms with Crippen LogP contribution in [0.2, 0.25) is 5.02 Å². The minimum atomic E-state index is -0.365. The quantitative estimate of drug-likeness (QED) is 0.715. The smallest absolute Gasteiger partial charge is 0.142 e. The van der Waals surface area contributed by atoms with E-state index in [1.54, 1.807) is 6.07 Å². The molecular weight excluding hydrogens is 310 g/mol. The Morgan fingerprint density at radius 3 is 2.17 bits per heavy atom. The van der Waals surface area contributed by atoms with E-state index in [0.29, 0.717) is 10.7 Å². The average Bonchev–Trinajstić information content (AvgIpc) is 2.09. The maximum absolute atomic E-state index is 12.9. The molecule has 0 aliphatic rings. The highest BCUT2D eigenvalue weighted by atomic mass is 79.9. The van der Waals surface area contributed by atoms with E-state index in [9.17, 15) is 4.39 Å². The van der Waals surface area contributed by atoms with Crippen LogP contribution in [-0.2, 0) is 10.7 Å². The molecule has 1 rings (SSSR count). The Bertz CT molecular complexity index is 260. The van der Waals surface area contributed by atoms with Crippen molar-refractivity contribution >= 4 is 43.5 Å². The fourth-order valence-electron chi connectivity index (χ4n) is 0.878. The van der Waals surface area contributed by atoms with Gasteiger partial charge in [-0.05, 0) is 23.3 Å². The maximum Gasteiger partial charge on any atom is 0.142 e. The molecule has 12 heavy (non-hydrogen) atoms. The van der Waals surface area contributed by atoms with Gasteiger partial charge in [0.15, 0.2) is 0 Å². The van der Waals surface area contributed by atoms with E-state index in [0.717, 1.165) is 11.1 Å². The predicted molar refractivity (Wildman–Crippen MR) is 56.7 cm³/mol. The molecule has 0 fully saturated rings. The molecule has 0 saturated heterocycles. The Kier molecular flexibility index (Phi) is 4.00. The molecule has 0 amide bonds. The molecule has 66 valence electrons. The summed E-state index contributed by atoms with van der Waals surface area (Å²) < 4.78 is 12.9. The summed E-state index contributed by atoms with van der Waals surface area (Å²) >= 11 is 12.2. The van der Waals surface area contributed by atoms with Crippen molar-refractivity contribution in [1.82, 2.24) is 0 Å². The minimum absolute atomic E-state index is 0.175. The van der Waals surface area contributed by atoms with Gasteiger partial charge in [-0.3, -0.25) is 0 Å². The summed E-state index contributed by atoms with van der Waals surface area (Å²) in [5.74, 6) is -0.365. The van der Waals surface area contributed by atoms with Gasteiger partial charge in [-0.2, -0.15) is 0 Å². The van der Waals surface area contributed by atoms with Crippen LogP contribution in [0.5, 0.6) is 0 Å². The lowest BCUT2D eigenvalue weighted by Crippen LogP contribution is -1.90. The second kappa shape index (κ2) is 4.58. The molecule has 0 N–H and O–H groups in total. The molecule has 4 heteroatoms. The molecule has 0 aliphatic carbocycles. The van der Waals surface area contributed by atoms with Crippen LogP contribution in [0.15, 0.2) is 12.1 Å². The fraction of sp³-hybridized carbons (Fsp3) is 0.250. The molecule has 0 aromatic heterocycles. The highest BCUT2D eigenvalue weighted by molar-refractivity contribution is 9.09. The SMILES string of the molecule is Fc1cc(CBr)c(CBr)cc1Cl. The molecule has 0 bridgehead atoms. The molecule has 0 saturated carbocycles. The molecule has 0 unspecified atom stereocenters. The van der Waals surface area contributed by atoms with E-state index in [4.69, 9.17) is 11.6 Å². The van der Waals surface area contributed by atoms with E-state index < -0.39 is 0 Å². The highest BCUT2D eigenvalue weighted by Crippen LogP contribution is 2.23. The van der Waals surface area contributed by atoms with Gasteiger partial charge >= 0.3 is 0 Å². The zero-order chi connectivity index (χ0) is 9.14. The molecule has 0 aliphatic heterocycles. The molecule has 0 atom stereocenters. The van der Waals surface area contributed by atoms with Crippen LogP contribution in [0, 0.1) is 5.82 Å². The molecule has 1 aromatic rings. The third-order valence-electron chi connectivity index (χ3n) is 1.53. The summed E-state index contributed by atoms with van der Waals surface area (Å²) in [4.78, 5) is 0. The van der Waals surface area contributed by atoms with Crippen molar-refractivity contribution in [3.8, 4) is 0 Å². The van der Waals surface area contributed by atoms with Gasteiger partial charge in [-0.15, -0.1) is 0 Å². The zero-order valence-corrected chi connectivity index (χ0v) is 10.0. The van der Waals surface area contributed by atoms with Gasteiger partial charge in [0.2, 0.25) is 0 Å². The summed E-state index contributed by atoms with van der Waals surface area (Å²) in [5, 5.41) is 1.50. The number of alkyl halides is 2. The Balaban J connectivity index is 3.19. The number of hydrogen-bond donors (Lipinski definition) is 0. The van der Waals surface area contributed by atoms with Gasteiger partial charge in [-0.25, -0.2) is 4.39 Å². The van der Waals surface area contributed by atoms with Crippen molar-refractivity contribution in [2.75, 3.05) is 0 Å². The van der Waals surface area contributed by atoms with Gasteiger partial charge < -0.3 is 0 Å². The van der Waals surface area contributed by atoms with Crippen LogP contribution in [0.4, 0.5) is 4.39 Å². The standard InChI is InChI=1S/C8H6Br2ClF/c9-3-5-1-7(11)8(12)2-6(5)4-10/h1-2H,3-4H2. The van der Waals surface area contributed by atoms with E-state index in [2.05, 4.69) is 31.9 Å². The average molecular weight is 316 g/mol. The first-order valence-electron chi connectivity index (χ1n) is 3.27. The van der Waals surface area contributed by atoms with Gasteiger partial charge in [0.05, 0.1) is 5.02 Å². The van der Waals surface area contributed by atoms with Crippen LogP contribution in [0.25, 0.3) is 0 Å². The highest BCUT2D eigenvalue weighted by Gasteiger charge is 2.06. The molecule has 0 radical (unpaired) electrons. The van der Waals surface area contributed by atoms with Crippen molar-refractivity contribution in [2.45, 2.75) is 10.7 Å². The third-order valence-corrected chi connectivity index (χ3v) is 3.03. The van der Waals surface area contributed by atoms with Gasteiger partial charge in [0, 0.05) is 10.7 Å². The summed E-state index contributed by atoms with van der Waals surface area (Å²) in [6.07, 6.45) is 0. The van der Waals surface area contributed by atoms with Crippen LogP contribution >= 0.6 is 43.5 Å². The van der Waals surface area contributed by atoms with Crippen LogP contribution in [0.1, 0.15) is 11.1 Å². The van der Waals surface area contributed by atoms with E-state index >= 15 is 0 Å². The molecule has 1 aromatic carbocycles. The Labute approximate surface area is 92.4 Å². The second-order valence-corrected chi connectivity index (χ2v) is 3.83. The number of hydrogen-bond acceptors (Lipinski definition) is 0. The molecule has 0 nitrogen and oxygen atoms in total. The first-order valence-corrected chi connectivity index (χ1v) is 5.90. The molecule has 0 spiro atoms. The van der Waals surface area contributed by atoms with E-state index in [1.807, 2.05) is 0 Å². The maximum atomic E-state index is 12.9. The molecule has 0 heterocycles. The van der Waals surface area contributed by atoms with Crippen molar-refractivity contribution in [1.29, 1.82) is 0 Å². The lowest BCUT2D eigenvalue weighted by atomic mass is 10.1. The fourth-order valence-corrected chi connectivity index (χ4v) is 2.11. The normalized spacial score (nSPS) is 10.3. The third kappa shape index (κ3) is 2.21. The van der Waals surface area contributed by atoms with Crippen molar-refractivity contribution in [2.24, 2.45) is 0 Å². The van der Waals surface area contributed by atoms with Crippen LogP contribution in [-0.4, -0.2) is 0 Å². The first kappa shape index (κ1) is 10.5. The second-order valence-electron chi connectivity index (χ2n) is 2.30. The lowest BCUT2D eigenvalue weighted by molar-refractivity contribution is 0.626. The number of rotatable bonds is 2. The van der Waals surface area contributed by atoms with Crippen LogP contribution in [0.3, 0.4) is 0 Å². The number of benzene rings is 1. The Morgan fingerprint density at radius 2 is 1.67 bits per heavy atom. The molecular formula is C8H6Br2ClF. The minimum Gasteiger partial charge on any atom is -0.205 e. The summed E-state index contributed by atoms with van der Waals surface area (Å²) in [6, 6.07) is 3.09. The predicted octanol–water partition coefficient (Wildman–Crippen LogP) is 4.27. The number of halogens is 4. The van der Waals surface area contributed by atoms with Crippen molar-refractivity contribution < 1.29 is 4.39 Å². The van der Waals surface area contributed by atoms with Crippen molar-refractivity contribution in [3.63, 3.8) is 0 Å². The lowest BCUT2D eigenvalue weighted by Gasteiger charge is -2.04. The zero-order valence-electron chi connectivity index (χ0n) is 6.08. The first-order chi connectivity index (χ1) is 5.69. The Morgan fingerprint density at radius 1 is 1.17 bits per heavy atom. The van der Waals surface area contributed by atoms with Gasteiger partial charge in [0.25, 0.3) is 0 Å². The summed E-state index contributed by atoms with van der Waals surface area (Å²) in [7, 11) is 0. The van der Waals surface area contributed by atoms with Crippen LogP contribution < -0.4 is 0 Å². The summed E-state index contributed by atoms with van der Waals surface area (Å²) in [6.45, 7) is 0. The largest absolute Gasteiger partial charge is 0.205 e. The van der Waals surface area contributed by atoms with Gasteiger partial charge in [-0.1, -0.05) is 43.5 Å².